The predicted molar refractivity (Wildman–Crippen MR) is 76.0 cm³/mol. The summed E-state index contributed by atoms with van der Waals surface area (Å²) >= 11 is 0. The highest BCUT2D eigenvalue weighted by atomic mass is 32.2. The maximum Gasteiger partial charge on any atom is 0.308 e. The summed E-state index contributed by atoms with van der Waals surface area (Å²) in [4.78, 5) is 18.2. The number of nitrogens with one attached hydrogen (secondary N) is 2. The van der Waals surface area contributed by atoms with Crippen LogP contribution >= 0.6 is 0 Å². The molecule has 0 aliphatic heterocycles. The summed E-state index contributed by atoms with van der Waals surface area (Å²) in [6.07, 6.45) is 3.87. The van der Waals surface area contributed by atoms with E-state index in [1.54, 1.807) is 13.8 Å². The van der Waals surface area contributed by atoms with Gasteiger partial charge in [0.1, 0.15) is 5.82 Å². The Labute approximate surface area is 124 Å². The minimum Gasteiger partial charge on any atom is -0.466 e. The molecule has 0 bridgehead atoms. The SMILES string of the molecule is CCOC(=O)C1CCC(NS(=O)(=O)c2cnc(C)[nH]2)CC1. The zero-order valence-corrected chi connectivity index (χ0v) is 13.1. The van der Waals surface area contributed by atoms with Crippen molar-refractivity contribution in [2.45, 2.75) is 50.6 Å². The highest BCUT2D eigenvalue weighted by Crippen LogP contribution is 2.26. The first-order chi connectivity index (χ1) is 9.92. The third kappa shape index (κ3) is 4.04. The van der Waals surface area contributed by atoms with Gasteiger partial charge in [-0.25, -0.2) is 18.1 Å². The number of hydrogen-bond donors (Lipinski definition) is 2. The van der Waals surface area contributed by atoms with Crippen LogP contribution in [0, 0.1) is 12.8 Å². The molecule has 8 heteroatoms. The largest absolute Gasteiger partial charge is 0.466 e. The fraction of sp³-hybridized carbons (Fsp3) is 0.692. The number of carbonyl (C=O) groups is 1. The van der Waals surface area contributed by atoms with E-state index in [1.807, 2.05) is 0 Å². The van der Waals surface area contributed by atoms with Crippen molar-refractivity contribution in [3.05, 3.63) is 12.0 Å². The van der Waals surface area contributed by atoms with Gasteiger partial charge in [-0.1, -0.05) is 0 Å². The molecule has 0 amide bonds. The fourth-order valence-corrected chi connectivity index (χ4v) is 3.80. The Balaban J connectivity index is 1.90. The van der Waals surface area contributed by atoms with Crippen LogP contribution < -0.4 is 4.72 Å². The molecule has 0 atom stereocenters. The van der Waals surface area contributed by atoms with E-state index in [9.17, 15) is 13.2 Å². The van der Waals surface area contributed by atoms with Crippen LogP contribution in [-0.4, -0.2) is 37.0 Å². The van der Waals surface area contributed by atoms with Crippen molar-refractivity contribution < 1.29 is 17.9 Å². The highest BCUT2D eigenvalue weighted by Gasteiger charge is 2.30. The normalized spacial score (nSPS) is 23.0. The molecule has 0 spiro atoms. The van der Waals surface area contributed by atoms with Crippen LogP contribution in [0.1, 0.15) is 38.4 Å². The number of H-pyrrole nitrogens is 1. The number of sulfonamides is 1. The minimum atomic E-state index is -3.57. The molecule has 1 saturated carbocycles. The Kier molecular flexibility index (Phi) is 5.00. The van der Waals surface area contributed by atoms with E-state index in [0.717, 1.165) is 0 Å². The Hall–Kier alpha value is -1.41. The molecule has 21 heavy (non-hydrogen) atoms. The molecular weight excluding hydrogens is 294 g/mol. The lowest BCUT2D eigenvalue weighted by Crippen LogP contribution is -2.39. The summed E-state index contributed by atoms with van der Waals surface area (Å²) < 4.78 is 32.0. The quantitative estimate of drug-likeness (QED) is 0.793. The summed E-state index contributed by atoms with van der Waals surface area (Å²) in [5.74, 6) is 0.268. The molecule has 1 heterocycles. The van der Waals surface area contributed by atoms with Crippen LogP contribution in [0.2, 0.25) is 0 Å². The van der Waals surface area contributed by atoms with Crippen molar-refractivity contribution in [3.63, 3.8) is 0 Å². The van der Waals surface area contributed by atoms with E-state index in [0.29, 0.717) is 38.1 Å². The lowest BCUT2D eigenvalue weighted by atomic mass is 9.86. The molecule has 1 aliphatic carbocycles. The monoisotopic (exact) mass is 315 g/mol. The van der Waals surface area contributed by atoms with Crippen LogP contribution in [-0.2, 0) is 19.6 Å². The second kappa shape index (κ2) is 6.57. The first-order valence-electron chi connectivity index (χ1n) is 7.13. The molecule has 1 fully saturated rings. The lowest BCUT2D eigenvalue weighted by molar-refractivity contribution is -0.149. The number of rotatable bonds is 5. The van der Waals surface area contributed by atoms with Gasteiger partial charge in [0.05, 0.1) is 18.7 Å². The van der Waals surface area contributed by atoms with Crippen molar-refractivity contribution in [3.8, 4) is 0 Å². The van der Waals surface area contributed by atoms with Crippen LogP contribution in [0.4, 0.5) is 0 Å². The van der Waals surface area contributed by atoms with E-state index < -0.39 is 10.0 Å². The topological polar surface area (TPSA) is 101 Å². The number of ether oxygens (including phenoxy) is 1. The standard InChI is InChI=1S/C13H21N3O4S/c1-3-20-13(17)10-4-6-11(7-5-10)16-21(18,19)12-8-14-9(2)15-12/h8,10-11,16H,3-7H2,1-2H3,(H,14,15). The van der Waals surface area contributed by atoms with Crippen molar-refractivity contribution in [2.24, 2.45) is 5.92 Å². The molecular formula is C13H21N3O4S. The second-order valence-corrected chi connectivity index (χ2v) is 6.94. The first-order valence-corrected chi connectivity index (χ1v) is 8.61. The number of nitrogens with zero attached hydrogens (tertiary/aromatic N) is 1. The highest BCUT2D eigenvalue weighted by molar-refractivity contribution is 7.89. The van der Waals surface area contributed by atoms with Gasteiger partial charge in [-0.05, 0) is 39.5 Å². The van der Waals surface area contributed by atoms with E-state index in [-0.39, 0.29) is 23.0 Å². The van der Waals surface area contributed by atoms with E-state index in [1.165, 1.54) is 6.20 Å². The molecule has 2 N–H and O–H groups in total. The van der Waals surface area contributed by atoms with Gasteiger partial charge < -0.3 is 9.72 Å². The Morgan fingerprint density at radius 3 is 2.62 bits per heavy atom. The number of carbonyl (C=O) groups excluding carboxylic acids is 1. The van der Waals surface area contributed by atoms with Crippen LogP contribution in [0.5, 0.6) is 0 Å². The number of esters is 1. The van der Waals surface area contributed by atoms with Crippen LogP contribution in [0.25, 0.3) is 0 Å². The molecule has 7 nitrogen and oxygen atoms in total. The number of imidazole rings is 1. The van der Waals surface area contributed by atoms with Crippen molar-refractivity contribution in [2.75, 3.05) is 6.61 Å². The van der Waals surface area contributed by atoms with Crippen molar-refractivity contribution in [1.82, 2.24) is 14.7 Å². The molecule has 118 valence electrons. The van der Waals surface area contributed by atoms with Gasteiger partial charge in [0.2, 0.25) is 0 Å². The molecule has 0 saturated heterocycles. The average molecular weight is 315 g/mol. The maximum atomic E-state index is 12.2. The van der Waals surface area contributed by atoms with E-state index in [4.69, 9.17) is 4.74 Å². The van der Waals surface area contributed by atoms with Gasteiger partial charge in [0.25, 0.3) is 10.0 Å². The summed E-state index contributed by atoms with van der Waals surface area (Å²) in [5.41, 5.74) is 0. The van der Waals surface area contributed by atoms with Crippen LogP contribution in [0.15, 0.2) is 11.2 Å². The molecule has 1 aromatic heterocycles. The second-order valence-electron chi connectivity index (χ2n) is 5.25. The van der Waals surface area contributed by atoms with Gasteiger partial charge in [-0.15, -0.1) is 0 Å². The molecule has 0 radical (unpaired) electrons. The van der Waals surface area contributed by atoms with Crippen molar-refractivity contribution in [1.29, 1.82) is 0 Å². The zero-order valence-electron chi connectivity index (χ0n) is 12.3. The maximum absolute atomic E-state index is 12.2. The van der Waals surface area contributed by atoms with E-state index in [2.05, 4.69) is 14.7 Å². The number of aromatic amines is 1. The van der Waals surface area contributed by atoms with Gasteiger partial charge in [0, 0.05) is 6.04 Å². The fourth-order valence-electron chi connectivity index (χ4n) is 2.52. The Morgan fingerprint density at radius 1 is 1.43 bits per heavy atom. The third-order valence-corrected chi connectivity index (χ3v) is 5.07. The molecule has 1 aromatic rings. The molecule has 2 rings (SSSR count). The van der Waals surface area contributed by atoms with Gasteiger partial charge in [-0.3, -0.25) is 4.79 Å². The van der Waals surface area contributed by atoms with Gasteiger partial charge in [-0.2, -0.15) is 0 Å². The Bertz CT molecular complexity index is 588. The lowest BCUT2D eigenvalue weighted by Gasteiger charge is -2.27. The first kappa shape index (κ1) is 16.0. The Morgan fingerprint density at radius 2 is 2.10 bits per heavy atom. The molecule has 1 aliphatic rings. The average Bonchev–Trinajstić information content (AvgIpc) is 2.87. The summed E-state index contributed by atoms with van der Waals surface area (Å²) in [5, 5.41) is 0.0764. The van der Waals surface area contributed by atoms with E-state index >= 15 is 0 Å². The smallest absolute Gasteiger partial charge is 0.308 e. The zero-order chi connectivity index (χ0) is 15.5. The summed E-state index contributed by atoms with van der Waals surface area (Å²) in [6.45, 7) is 3.86. The van der Waals surface area contributed by atoms with Gasteiger partial charge >= 0.3 is 5.97 Å². The number of hydrogen-bond acceptors (Lipinski definition) is 5. The summed E-state index contributed by atoms with van der Waals surface area (Å²) in [6, 6.07) is -0.149. The van der Waals surface area contributed by atoms with Crippen molar-refractivity contribution >= 4 is 16.0 Å². The molecule has 0 aromatic carbocycles. The predicted octanol–water partition coefficient (Wildman–Crippen LogP) is 1.12. The third-order valence-electron chi connectivity index (χ3n) is 3.64. The molecule has 0 unspecified atom stereocenters. The van der Waals surface area contributed by atoms with Gasteiger partial charge in [0.15, 0.2) is 5.03 Å². The minimum absolute atomic E-state index is 0.0764. The van der Waals surface area contributed by atoms with Crippen LogP contribution in [0.3, 0.4) is 0 Å². The number of aryl methyl sites for hydroxylation is 1. The number of aromatic nitrogens is 2. The summed E-state index contributed by atoms with van der Waals surface area (Å²) in [7, 11) is -3.57.